The van der Waals surface area contributed by atoms with Gasteiger partial charge < -0.3 is 20.3 Å². The van der Waals surface area contributed by atoms with Crippen LogP contribution in [0.5, 0.6) is 0 Å². The lowest BCUT2D eigenvalue weighted by atomic mass is 10.1. The van der Waals surface area contributed by atoms with Gasteiger partial charge >= 0.3 is 6.09 Å². The van der Waals surface area contributed by atoms with Crippen LogP contribution in [0.15, 0.2) is 18.2 Å². The van der Waals surface area contributed by atoms with Crippen LogP contribution in [0.4, 0.5) is 10.5 Å². The molecule has 1 amide bonds. The lowest BCUT2D eigenvalue weighted by Crippen LogP contribution is -2.39. The van der Waals surface area contributed by atoms with Crippen molar-refractivity contribution < 1.29 is 9.53 Å². The number of carbonyl (C=O) groups is 1. The van der Waals surface area contributed by atoms with E-state index in [4.69, 9.17) is 22.1 Å². The second-order valence-electron chi connectivity index (χ2n) is 6.79. The molecule has 23 heavy (non-hydrogen) atoms. The van der Waals surface area contributed by atoms with Crippen molar-refractivity contribution in [2.24, 2.45) is 5.73 Å². The number of carbonyl (C=O) groups excluding carboxylic acids is 1. The number of ether oxygens (including phenoxy) is 1. The highest BCUT2D eigenvalue weighted by Gasteiger charge is 2.25. The fourth-order valence-corrected chi connectivity index (χ4v) is 2.84. The largest absolute Gasteiger partial charge is 0.444 e. The van der Waals surface area contributed by atoms with Crippen LogP contribution in [0.1, 0.15) is 32.8 Å². The number of nitrogens with zero attached hydrogens (tertiary/aromatic N) is 2. The lowest BCUT2D eigenvalue weighted by Gasteiger charge is -2.27. The van der Waals surface area contributed by atoms with E-state index in [2.05, 4.69) is 4.90 Å². The van der Waals surface area contributed by atoms with Gasteiger partial charge in [0.15, 0.2) is 0 Å². The third-order valence-electron chi connectivity index (χ3n) is 3.76. The summed E-state index contributed by atoms with van der Waals surface area (Å²) < 4.78 is 5.47. The van der Waals surface area contributed by atoms with Gasteiger partial charge in [0.2, 0.25) is 0 Å². The molecule has 1 saturated heterocycles. The van der Waals surface area contributed by atoms with Gasteiger partial charge in [0.25, 0.3) is 0 Å². The summed E-state index contributed by atoms with van der Waals surface area (Å²) in [7, 11) is 0. The first-order valence-corrected chi connectivity index (χ1v) is 8.39. The Bertz CT molecular complexity index is 557. The van der Waals surface area contributed by atoms with E-state index in [0.717, 1.165) is 30.8 Å². The summed E-state index contributed by atoms with van der Waals surface area (Å²) in [6, 6.07) is 5.78. The maximum absolute atomic E-state index is 12.2. The Hall–Kier alpha value is -1.46. The predicted molar refractivity (Wildman–Crippen MR) is 94.0 cm³/mol. The molecule has 1 aromatic carbocycles. The summed E-state index contributed by atoms with van der Waals surface area (Å²) in [4.78, 5) is 16.3. The van der Waals surface area contributed by atoms with Crippen LogP contribution >= 0.6 is 11.6 Å². The highest BCUT2D eigenvalue weighted by Crippen LogP contribution is 2.26. The number of rotatable bonds is 2. The Morgan fingerprint density at radius 2 is 2.00 bits per heavy atom. The number of hydrogen-bond acceptors (Lipinski definition) is 4. The maximum Gasteiger partial charge on any atom is 0.410 e. The van der Waals surface area contributed by atoms with Crippen molar-refractivity contribution in [2.45, 2.75) is 39.3 Å². The van der Waals surface area contributed by atoms with Crippen molar-refractivity contribution in [1.82, 2.24) is 4.90 Å². The minimum atomic E-state index is -0.469. The maximum atomic E-state index is 12.2. The number of anilines is 1. The highest BCUT2D eigenvalue weighted by molar-refractivity contribution is 6.30. The van der Waals surface area contributed by atoms with Gasteiger partial charge in [-0.3, -0.25) is 0 Å². The third kappa shape index (κ3) is 5.01. The zero-order valence-corrected chi connectivity index (χ0v) is 14.9. The molecule has 1 heterocycles. The topological polar surface area (TPSA) is 58.8 Å². The Kier molecular flexibility index (Phi) is 5.76. The molecule has 0 bridgehead atoms. The van der Waals surface area contributed by atoms with Crippen molar-refractivity contribution in [3.05, 3.63) is 28.8 Å². The molecule has 0 radical (unpaired) electrons. The number of benzene rings is 1. The van der Waals surface area contributed by atoms with Gasteiger partial charge in [-0.1, -0.05) is 17.7 Å². The molecule has 1 fully saturated rings. The van der Waals surface area contributed by atoms with Crippen LogP contribution in [0.2, 0.25) is 5.02 Å². The summed E-state index contributed by atoms with van der Waals surface area (Å²) in [5, 5.41) is 0.699. The van der Waals surface area contributed by atoms with E-state index in [1.165, 1.54) is 0 Å². The standard InChI is InChI=1S/C17H26ClN3O2/c1-17(2,3)23-16(22)21-8-4-7-20(9-10-21)15-11-14(18)6-5-13(15)12-19/h5-6,11H,4,7-10,12,19H2,1-3H3. The summed E-state index contributed by atoms with van der Waals surface area (Å²) in [5.74, 6) is 0. The smallest absolute Gasteiger partial charge is 0.410 e. The Balaban J connectivity index is 2.07. The lowest BCUT2D eigenvalue weighted by molar-refractivity contribution is 0.0263. The first kappa shape index (κ1) is 17.9. The Morgan fingerprint density at radius 3 is 2.65 bits per heavy atom. The van der Waals surface area contributed by atoms with E-state index < -0.39 is 5.60 Å². The second kappa shape index (κ2) is 7.41. The zero-order chi connectivity index (χ0) is 17.0. The molecule has 2 N–H and O–H groups in total. The van der Waals surface area contributed by atoms with Crippen LogP contribution < -0.4 is 10.6 Å². The quantitative estimate of drug-likeness (QED) is 0.898. The fourth-order valence-electron chi connectivity index (χ4n) is 2.67. The average Bonchev–Trinajstić information content (AvgIpc) is 2.71. The van der Waals surface area contributed by atoms with Crippen molar-refractivity contribution in [3.8, 4) is 0 Å². The van der Waals surface area contributed by atoms with Gasteiger partial charge in [0, 0.05) is 43.4 Å². The molecular formula is C17H26ClN3O2. The van der Waals surface area contributed by atoms with E-state index in [1.807, 2.05) is 39.0 Å². The molecule has 0 aromatic heterocycles. The van der Waals surface area contributed by atoms with Crippen LogP contribution in [0.3, 0.4) is 0 Å². The van der Waals surface area contributed by atoms with E-state index in [0.29, 0.717) is 24.7 Å². The fraction of sp³-hybridized carbons (Fsp3) is 0.588. The van der Waals surface area contributed by atoms with Crippen LogP contribution in [-0.4, -0.2) is 42.8 Å². The SMILES string of the molecule is CC(C)(C)OC(=O)N1CCCN(c2cc(Cl)ccc2CN)CC1. The molecule has 5 nitrogen and oxygen atoms in total. The van der Waals surface area contributed by atoms with Gasteiger partial charge in [-0.15, -0.1) is 0 Å². The van der Waals surface area contributed by atoms with Gasteiger partial charge in [-0.2, -0.15) is 0 Å². The first-order chi connectivity index (χ1) is 10.8. The van der Waals surface area contributed by atoms with Crippen LogP contribution in [-0.2, 0) is 11.3 Å². The molecule has 0 aliphatic carbocycles. The van der Waals surface area contributed by atoms with Gasteiger partial charge in [0.1, 0.15) is 5.60 Å². The minimum absolute atomic E-state index is 0.246. The summed E-state index contributed by atoms with van der Waals surface area (Å²) in [6.45, 7) is 9.06. The molecule has 1 aromatic rings. The highest BCUT2D eigenvalue weighted by atomic mass is 35.5. The molecule has 1 aliphatic rings. The molecular weight excluding hydrogens is 314 g/mol. The molecule has 2 rings (SSSR count). The van der Waals surface area contributed by atoms with Gasteiger partial charge in [0.05, 0.1) is 0 Å². The molecule has 1 aliphatic heterocycles. The van der Waals surface area contributed by atoms with Crippen molar-refractivity contribution in [2.75, 3.05) is 31.1 Å². The van der Waals surface area contributed by atoms with E-state index >= 15 is 0 Å². The van der Waals surface area contributed by atoms with Gasteiger partial charge in [-0.25, -0.2) is 4.79 Å². The van der Waals surface area contributed by atoms with Crippen LogP contribution in [0.25, 0.3) is 0 Å². The number of nitrogens with two attached hydrogens (primary N) is 1. The van der Waals surface area contributed by atoms with Gasteiger partial charge in [-0.05, 0) is 44.9 Å². The number of halogens is 1. The predicted octanol–water partition coefficient (Wildman–Crippen LogP) is 3.25. The zero-order valence-electron chi connectivity index (χ0n) is 14.1. The molecule has 0 unspecified atom stereocenters. The van der Waals surface area contributed by atoms with Crippen LogP contribution in [0, 0.1) is 0 Å². The molecule has 128 valence electrons. The first-order valence-electron chi connectivity index (χ1n) is 8.01. The number of amides is 1. The normalized spacial score (nSPS) is 16.2. The summed E-state index contributed by atoms with van der Waals surface area (Å²) in [6.07, 6.45) is 0.639. The molecule has 0 spiro atoms. The Morgan fingerprint density at radius 1 is 1.26 bits per heavy atom. The number of hydrogen-bond donors (Lipinski definition) is 1. The van der Waals surface area contributed by atoms with Crippen molar-refractivity contribution in [3.63, 3.8) is 0 Å². The second-order valence-corrected chi connectivity index (χ2v) is 7.22. The molecule has 0 saturated carbocycles. The Labute approximate surface area is 143 Å². The monoisotopic (exact) mass is 339 g/mol. The summed E-state index contributed by atoms with van der Waals surface area (Å²) in [5.41, 5.74) is 7.50. The molecule has 0 atom stereocenters. The van der Waals surface area contributed by atoms with Crippen molar-refractivity contribution >= 4 is 23.4 Å². The summed E-state index contributed by atoms with van der Waals surface area (Å²) >= 11 is 6.13. The van der Waals surface area contributed by atoms with E-state index in [9.17, 15) is 4.79 Å². The molecule has 6 heteroatoms. The van der Waals surface area contributed by atoms with E-state index in [-0.39, 0.29) is 6.09 Å². The van der Waals surface area contributed by atoms with Crippen molar-refractivity contribution in [1.29, 1.82) is 0 Å². The minimum Gasteiger partial charge on any atom is -0.444 e. The third-order valence-corrected chi connectivity index (χ3v) is 3.99. The van der Waals surface area contributed by atoms with E-state index in [1.54, 1.807) is 4.90 Å². The average molecular weight is 340 g/mol.